The number of carbonyl (C=O) groups is 2. The van der Waals surface area contributed by atoms with Gasteiger partial charge in [0.25, 0.3) is 0 Å². The van der Waals surface area contributed by atoms with Crippen LogP contribution < -0.4 is 16.0 Å². The molecule has 0 aromatic carbocycles. The second kappa shape index (κ2) is 9.04. The maximum absolute atomic E-state index is 11.8. The highest BCUT2D eigenvalue weighted by molar-refractivity contribution is 7.15. The lowest BCUT2D eigenvalue weighted by molar-refractivity contribution is 0.0524. The maximum atomic E-state index is 11.8. The Bertz CT molecular complexity index is 1060. The van der Waals surface area contributed by atoms with Gasteiger partial charge in [0.15, 0.2) is 5.65 Å². The largest absolute Gasteiger partial charge is 0.444 e. The molecule has 3 aromatic heterocycles. The van der Waals surface area contributed by atoms with Crippen molar-refractivity contribution in [1.82, 2.24) is 25.6 Å². The standard InChI is InChI=1S/C20H24N6O3S/c1-5-21-18(27)26-16-9-7-13-17(25-16)24-14(11-22-13)15-8-6-12(30-15)10-23-19(28)29-20(2,3)4/h6-9,11H,5,10H2,1-4H3,(H,23,28)(H2,21,24,25,26,27). The van der Waals surface area contributed by atoms with E-state index in [1.54, 1.807) is 18.3 Å². The second-order valence-electron chi connectivity index (χ2n) is 7.40. The molecule has 158 valence electrons. The molecule has 3 N–H and O–H groups in total. The molecule has 0 unspecified atom stereocenters. The Morgan fingerprint density at radius 1 is 1.10 bits per heavy atom. The molecule has 9 nitrogen and oxygen atoms in total. The van der Waals surface area contributed by atoms with E-state index < -0.39 is 11.7 Å². The fraction of sp³-hybridized carbons (Fsp3) is 0.350. The lowest BCUT2D eigenvalue weighted by Crippen LogP contribution is -2.31. The number of urea groups is 1. The lowest BCUT2D eigenvalue weighted by atomic mass is 10.2. The molecule has 3 heterocycles. The molecule has 0 radical (unpaired) electrons. The summed E-state index contributed by atoms with van der Waals surface area (Å²) in [4.78, 5) is 38.7. The van der Waals surface area contributed by atoms with Crippen LogP contribution in [0.1, 0.15) is 32.6 Å². The smallest absolute Gasteiger partial charge is 0.407 e. The predicted octanol–water partition coefficient (Wildman–Crippen LogP) is 3.92. The first-order valence-electron chi connectivity index (χ1n) is 9.48. The Labute approximate surface area is 178 Å². The van der Waals surface area contributed by atoms with Gasteiger partial charge in [-0.05, 0) is 52.0 Å². The van der Waals surface area contributed by atoms with Crippen LogP contribution in [-0.4, -0.2) is 39.2 Å². The minimum atomic E-state index is -0.538. The molecule has 0 fully saturated rings. The number of anilines is 1. The fourth-order valence-electron chi connectivity index (χ4n) is 2.49. The number of nitrogens with zero attached hydrogens (tertiary/aromatic N) is 3. The Morgan fingerprint density at radius 3 is 2.63 bits per heavy atom. The summed E-state index contributed by atoms with van der Waals surface area (Å²) >= 11 is 1.50. The highest BCUT2D eigenvalue weighted by Gasteiger charge is 2.16. The Balaban J connectivity index is 1.72. The SMILES string of the molecule is CCNC(=O)Nc1ccc2ncc(-c3ccc(CNC(=O)OC(C)(C)C)s3)nc2n1. The van der Waals surface area contributed by atoms with Crippen LogP contribution in [0.25, 0.3) is 21.7 Å². The molecule has 0 bridgehead atoms. The number of nitrogens with one attached hydrogen (secondary N) is 3. The molecule has 0 saturated heterocycles. The van der Waals surface area contributed by atoms with Crippen molar-refractivity contribution in [3.8, 4) is 10.6 Å². The van der Waals surface area contributed by atoms with E-state index in [0.29, 0.717) is 35.8 Å². The Hall–Kier alpha value is -3.27. The summed E-state index contributed by atoms with van der Waals surface area (Å²) in [5.74, 6) is 0.397. The number of carbonyl (C=O) groups excluding carboxylic acids is 2. The summed E-state index contributed by atoms with van der Waals surface area (Å²) in [6, 6.07) is 6.95. The Morgan fingerprint density at radius 2 is 1.90 bits per heavy atom. The summed E-state index contributed by atoms with van der Waals surface area (Å²) in [6.07, 6.45) is 1.22. The Kier molecular flexibility index (Phi) is 6.46. The average molecular weight is 429 g/mol. The van der Waals surface area contributed by atoms with Gasteiger partial charge < -0.3 is 15.4 Å². The number of fused-ring (bicyclic) bond motifs is 1. The molecule has 0 aliphatic heterocycles. The van der Waals surface area contributed by atoms with E-state index in [1.807, 2.05) is 39.8 Å². The van der Waals surface area contributed by atoms with Crippen molar-refractivity contribution in [2.24, 2.45) is 0 Å². The summed E-state index contributed by atoms with van der Waals surface area (Å²) in [7, 11) is 0. The van der Waals surface area contributed by atoms with Crippen LogP contribution in [0.4, 0.5) is 15.4 Å². The first-order valence-corrected chi connectivity index (χ1v) is 10.3. The van der Waals surface area contributed by atoms with E-state index in [-0.39, 0.29) is 6.03 Å². The van der Waals surface area contributed by atoms with E-state index in [1.165, 1.54) is 11.3 Å². The molecule has 0 aliphatic rings. The topological polar surface area (TPSA) is 118 Å². The van der Waals surface area contributed by atoms with E-state index in [9.17, 15) is 9.59 Å². The maximum Gasteiger partial charge on any atom is 0.407 e. The monoisotopic (exact) mass is 428 g/mol. The van der Waals surface area contributed by atoms with E-state index in [0.717, 1.165) is 9.75 Å². The number of rotatable bonds is 5. The zero-order valence-electron chi connectivity index (χ0n) is 17.3. The molecule has 0 atom stereocenters. The van der Waals surface area contributed by atoms with Crippen LogP contribution in [0, 0.1) is 0 Å². The van der Waals surface area contributed by atoms with Crippen LogP contribution in [0.5, 0.6) is 0 Å². The third-order valence-electron chi connectivity index (χ3n) is 3.71. The number of hydrogen-bond donors (Lipinski definition) is 3. The van der Waals surface area contributed by atoms with Crippen molar-refractivity contribution in [2.75, 3.05) is 11.9 Å². The van der Waals surface area contributed by atoms with Gasteiger partial charge in [-0.1, -0.05) is 0 Å². The van der Waals surface area contributed by atoms with E-state index in [4.69, 9.17) is 4.74 Å². The zero-order chi connectivity index (χ0) is 21.7. The minimum Gasteiger partial charge on any atom is -0.444 e. The van der Waals surface area contributed by atoms with Crippen molar-refractivity contribution in [3.63, 3.8) is 0 Å². The molecule has 0 aliphatic carbocycles. The van der Waals surface area contributed by atoms with Gasteiger partial charge in [0.2, 0.25) is 0 Å². The summed E-state index contributed by atoms with van der Waals surface area (Å²) in [5.41, 5.74) is 1.19. The summed E-state index contributed by atoms with van der Waals surface area (Å²) in [5, 5.41) is 8.05. The van der Waals surface area contributed by atoms with Crippen LogP contribution in [0.3, 0.4) is 0 Å². The molecule has 10 heteroatoms. The predicted molar refractivity (Wildman–Crippen MR) is 116 cm³/mol. The number of aromatic nitrogens is 3. The van der Waals surface area contributed by atoms with Gasteiger partial charge in [0, 0.05) is 11.4 Å². The second-order valence-corrected chi connectivity index (χ2v) is 8.57. The van der Waals surface area contributed by atoms with Crippen molar-refractivity contribution in [2.45, 2.75) is 39.8 Å². The number of alkyl carbamates (subject to hydrolysis) is 1. The highest BCUT2D eigenvalue weighted by atomic mass is 32.1. The van der Waals surface area contributed by atoms with Crippen LogP contribution in [-0.2, 0) is 11.3 Å². The number of pyridine rings is 1. The van der Waals surface area contributed by atoms with Gasteiger partial charge in [-0.3, -0.25) is 10.3 Å². The van der Waals surface area contributed by atoms with Crippen molar-refractivity contribution < 1.29 is 14.3 Å². The van der Waals surface area contributed by atoms with Crippen molar-refractivity contribution >= 4 is 40.4 Å². The fourth-order valence-corrected chi connectivity index (χ4v) is 3.39. The first kappa shape index (κ1) is 21.4. The molecule has 30 heavy (non-hydrogen) atoms. The quantitative estimate of drug-likeness (QED) is 0.567. The van der Waals surface area contributed by atoms with Gasteiger partial charge in [0.1, 0.15) is 22.6 Å². The van der Waals surface area contributed by atoms with Gasteiger partial charge in [0.05, 0.1) is 17.6 Å². The highest BCUT2D eigenvalue weighted by Crippen LogP contribution is 2.27. The molecule has 0 saturated carbocycles. The average Bonchev–Trinajstić information content (AvgIpc) is 3.14. The third kappa shape index (κ3) is 5.86. The number of hydrogen-bond acceptors (Lipinski definition) is 7. The molecule has 0 spiro atoms. The third-order valence-corrected chi connectivity index (χ3v) is 4.81. The van der Waals surface area contributed by atoms with E-state index in [2.05, 4.69) is 30.9 Å². The number of thiophene rings is 1. The lowest BCUT2D eigenvalue weighted by Gasteiger charge is -2.19. The molecule has 3 aromatic rings. The molecular weight excluding hydrogens is 404 g/mol. The minimum absolute atomic E-state index is 0.325. The summed E-state index contributed by atoms with van der Waals surface area (Å²) < 4.78 is 5.24. The van der Waals surface area contributed by atoms with Crippen LogP contribution >= 0.6 is 11.3 Å². The normalized spacial score (nSPS) is 11.2. The number of amides is 3. The van der Waals surface area contributed by atoms with Gasteiger partial charge in [-0.15, -0.1) is 11.3 Å². The van der Waals surface area contributed by atoms with E-state index >= 15 is 0 Å². The molecular formula is C20H24N6O3S. The first-order chi connectivity index (χ1) is 14.2. The van der Waals surface area contributed by atoms with Crippen molar-refractivity contribution in [3.05, 3.63) is 35.3 Å². The van der Waals surface area contributed by atoms with Gasteiger partial charge in [-0.2, -0.15) is 0 Å². The van der Waals surface area contributed by atoms with Crippen molar-refractivity contribution in [1.29, 1.82) is 0 Å². The summed E-state index contributed by atoms with van der Waals surface area (Å²) in [6.45, 7) is 8.17. The van der Waals surface area contributed by atoms with Gasteiger partial charge in [-0.25, -0.2) is 19.6 Å². The van der Waals surface area contributed by atoms with Crippen LogP contribution in [0.2, 0.25) is 0 Å². The molecule has 3 amide bonds. The number of ether oxygens (including phenoxy) is 1. The van der Waals surface area contributed by atoms with Crippen LogP contribution in [0.15, 0.2) is 30.5 Å². The molecule has 3 rings (SSSR count). The van der Waals surface area contributed by atoms with Gasteiger partial charge >= 0.3 is 12.1 Å². The zero-order valence-corrected chi connectivity index (χ0v) is 18.1.